The zero-order chi connectivity index (χ0) is 11.4. The maximum atomic E-state index is 4.36. The Morgan fingerprint density at radius 3 is 2.75 bits per heavy atom. The van der Waals surface area contributed by atoms with Gasteiger partial charge in [0.05, 0.1) is 6.54 Å². The smallest absolute Gasteiger partial charge is 0.191 e. The molecule has 0 spiro atoms. The second-order valence-corrected chi connectivity index (χ2v) is 4.40. The summed E-state index contributed by atoms with van der Waals surface area (Å²) in [7, 11) is 0. The number of benzene rings is 1. The molecule has 0 radical (unpaired) electrons. The highest BCUT2D eigenvalue weighted by atomic mass is 15.2. The molecule has 2 rings (SSSR count). The van der Waals surface area contributed by atoms with Crippen molar-refractivity contribution >= 4 is 5.96 Å². The normalized spacial score (nSPS) is 19.1. The molecule has 1 aliphatic heterocycles. The van der Waals surface area contributed by atoms with Gasteiger partial charge in [0.15, 0.2) is 5.96 Å². The first-order chi connectivity index (χ1) is 7.74. The third-order valence-corrected chi connectivity index (χ3v) is 2.73. The van der Waals surface area contributed by atoms with Crippen LogP contribution in [0.15, 0.2) is 29.3 Å². The van der Waals surface area contributed by atoms with Crippen molar-refractivity contribution in [2.24, 2.45) is 4.99 Å². The van der Waals surface area contributed by atoms with Crippen LogP contribution in [0.2, 0.25) is 0 Å². The van der Waals surface area contributed by atoms with Gasteiger partial charge in [-0.05, 0) is 25.8 Å². The Labute approximate surface area is 97.0 Å². The van der Waals surface area contributed by atoms with E-state index >= 15 is 0 Å². The molecule has 1 atom stereocenters. The van der Waals surface area contributed by atoms with Crippen molar-refractivity contribution in [3.63, 3.8) is 0 Å². The van der Waals surface area contributed by atoms with Crippen LogP contribution in [-0.4, -0.2) is 25.1 Å². The number of nitrogens with one attached hydrogen (secondary N) is 2. The Kier molecular flexibility index (Phi) is 3.44. The van der Waals surface area contributed by atoms with Crippen LogP contribution in [0.3, 0.4) is 0 Å². The molecule has 0 fully saturated rings. The van der Waals surface area contributed by atoms with Crippen molar-refractivity contribution < 1.29 is 0 Å². The van der Waals surface area contributed by atoms with Crippen molar-refractivity contribution in [1.82, 2.24) is 10.6 Å². The van der Waals surface area contributed by atoms with Gasteiger partial charge in [-0.2, -0.15) is 0 Å². The second kappa shape index (κ2) is 5.01. The van der Waals surface area contributed by atoms with Crippen LogP contribution in [0.5, 0.6) is 0 Å². The Morgan fingerprint density at radius 1 is 1.38 bits per heavy atom. The van der Waals surface area contributed by atoms with Crippen molar-refractivity contribution in [1.29, 1.82) is 0 Å². The largest absolute Gasteiger partial charge is 0.356 e. The highest BCUT2D eigenvalue weighted by molar-refractivity contribution is 5.81. The van der Waals surface area contributed by atoms with Gasteiger partial charge in [-0.25, -0.2) is 0 Å². The number of guanidine groups is 1. The molecular formula is C13H19N3. The molecule has 1 aromatic carbocycles. The van der Waals surface area contributed by atoms with E-state index in [9.17, 15) is 0 Å². The minimum Gasteiger partial charge on any atom is -0.356 e. The van der Waals surface area contributed by atoms with Crippen LogP contribution in [0.1, 0.15) is 18.1 Å². The fraction of sp³-hybridized carbons (Fsp3) is 0.462. The van der Waals surface area contributed by atoms with Gasteiger partial charge in [-0.3, -0.25) is 4.99 Å². The van der Waals surface area contributed by atoms with E-state index in [1.165, 1.54) is 11.1 Å². The minimum atomic E-state index is 0.474. The van der Waals surface area contributed by atoms with E-state index in [2.05, 4.69) is 53.7 Å². The zero-order valence-corrected chi connectivity index (χ0v) is 9.96. The van der Waals surface area contributed by atoms with Gasteiger partial charge >= 0.3 is 0 Å². The lowest BCUT2D eigenvalue weighted by molar-refractivity contribution is 0.712. The van der Waals surface area contributed by atoms with Gasteiger partial charge in [0.25, 0.3) is 0 Å². The molecule has 2 N–H and O–H groups in total. The lowest BCUT2D eigenvalue weighted by atomic mass is 10.1. The second-order valence-electron chi connectivity index (χ2n) is 4.40. The van der Waals surface area contributed by atoms with Gasteiger partial charge in [0, 0.05) is 12.6 Å². The summed E-state index contributed by atoms with van der Waals surface area (Å²) in [6.45, 7) is 6.06. The van der Waals surface area contributed by atoms with Gasteiger partial charge in [-0.15, -0.1) is 0 Å². The van der Waals surface area contributed by atoms with Gasteiger partial charge in [-0.1, -0.05) is 29.8 Å². The van der Waals surface area contributed by atoms with Crippen molar-refractivity contribution in [2.75, 3.05) is 13.1 Å². The zero-order valence-electron chi connectivity index (χ0n) is 9.96. The van der Waals surface area contributed by atoms with E-state index in [1.54, 1.807) is 0 Å². The van der Waals surface area contributed by atoms with Crippen molar-refractivity contribution in [3.8, 4) is 0 Å². The molecule has 0 amide bonds. The lowest BCUT2D eigenvalue weighted by Crippen LogP contribution is -2.38. The SMILES string of the molecule is Cc1ccc(CCNC2=NCC(C)N2)cc1. The van der Waals surface area contributed by atoms with Crippen LogP contribution in [0, 0.1) is 6.92 Å². The molecular weight excluding hydrogens is 198 g/mol. The lowest BCUT2D eigenvalue weighted by Gasteiger charge is -2.08. The standard InChI is InChI=1S/C13H19N3/c1-10-3-5-12(6-4-10)7-8-14-13-15-9-11(2)16-13/h3-6,11H,7-9H2,1-2H3,(H2,14,15,16). The summed E-state index contributed by atoms with van der Waals surface area (Å²) < 4.78 is 0. The van der Waals surface area contributed by atoms with E-state index in [0.29, 0.717) is 6.04 Å². The summed E-state index contributed by atoms with van der Waals surface area (Å²) >= 11 is 0. The molecule has 1 unspecified atom stereocenters. The van der Waals surface area contributed by atoms with E-state index < -0.39 is 0 Å². The van der Waals surface area contributed by atoms with Crippen LogP contribution < -0.4 is 10.6 Å². The summed E-state index contributed by atoms with van der Waals surface area (Å²) in [4.78, 5) is 4.36. The van der Waals surface area contributed by atoms with Crippen LogP contribution in [-0.2, 0) is 6.42 Å². The summed E-state index contributed by atoms with van der Waals surface area (Å²) in [6, 6.07) is 9.15. The summed E-state index contributed by atoms with van der Waals surface area (Å²) in [5.41, 5.74) is 2.68. The number of rotatable bonds is 3. The number of nitrogens with zero attached hydrogens (tertiary/aromatic N) is 1. The molecule has 1 heterocycles. The molecule has 86 valence electrons. The average molecular weight is 217 g/mol. The molecule has 0 saturated heterocycles. The van der Waals surface area contributed by atoms with Crippen LogP contribution in [0.4, 0.5) is 0 Å². The fourth-order valence-electron chi connectivity index (χ4n) is 1.74. The summed E-state index contributed by atoms with van der Waals surface area (Å²) in [6.07, 6.45) is 1.04. The number of hydrogen-bond acceptors (Lipinski definition) is 3. The maximum absolute atomic E-state index is 4.36. The Bertz CT molecular complexity index is 367. The molecule has 0 bridgehead atoms. The van der Waals surface area contributed by atoms with Gasteiger partial charge in [0.1, 0.15) is 0 Å². The monoisotopic (exact) mass is 217 g/mol. The topological polar surface area (TPSA) is 36.4 Å². The fourth-order valence-corrected chi connectivity index (χ4v) is 1.74. The number of aliphatic imine (C=N–C) groups is 1. The molecule has 1 aliphatic rings. The Morgan fingerprint density at radius 2 is 2.12 bits per heavy atom. The van der Waals surface area contributed by atoms with E-state index in [-0.39, 0.29) is 0 Å². The average Bonchev–Trinajstić information content (AvgIpc) is 2.67. The molecule has 0 aliphatic carbocycles. The van der Waals surface area contributed by atoms with Crippen molar-refractivity contribution in [3.05, 3.63) is 35.4 Å². The Hall–Kier alpha value is -1.51. The highest BCUT2D eigenvalue weighted by Gasteiger charge is 2.10. The predicted molar refractivity (Wildman–Crippen MR) is 67.8 cm³/mol. The van der Waals surface area contributed by atoms with Gasteiger partial charge < -0.3 is 10.6 Å². The molecule has 3 nitrogen and oxygen atoms in total. The van der Waals surface area contributed by atoms with Gasteiger partial charge in [0.2, 0.25) is 0 Å². The van der Waals surface area contributed by atoms with E-state index in [0.717, 1.165) is 25.5 Å². The first-order valence-corrected chi connectivity index (χ1v) is 5.84. The van der Waals surface area contributed by atoms with E-state index in [1.807, 2.05) is 0 Å². The first-order valence-electron chi connectivity index (χ1n) is 5.84. The molecule has 16 heavy (non-hydrogen) atoms. The summed E-state index contributed by atoms with van der Waals surface area (Å²) in [5.74, 6) is 0.944. The van der Waals surface area contributed by atoms with E-state index in [4.69, 9.17) is 0 Å². The summed E-state index contributed by atoms with van der Waals surface area (Å²) in [5, 5.41) is 6.60. The quantitative estimate of drug-likeness (QED) is 0.804. The molecule has 3 heteroatoms. The Balaban J connectivity index is 1.74. The predicted octanol–water partition coefficient (Wildman–Crippen LogP) is 1.47. The third-order valence-electron chi connectivity index (χ3n) is 2.73. The van der Waals surface area contributed by atoms with Crippen LogP contribution in [0.25, 0.3) is 0 Å². The molecule has 0 aromatic heterocycles. The first kappa shape index (κ1) is 11.0. The number of hydrogen-bond donors (Lipinski definition) is 2. The maximum Gasteiger partial charge on any atom is 0.191 e. The molecule has 0 saturated carbocycles. The van der Waals surface area contributed by atoms with Crippen molar-refractivity contribution in [2.45, 2.75) is 26.3 Å². The number of aryl methyl sites for hydroxylation is 1. The highest BCUT2D eigenvalue weighted by Crippen LogP contribution is 2.03. The minimum absolute atomic E-state index is 0.474. The third kappa shape index (κ3) is 2.99. The molecule has 1 aromatic rings. The van der Waals surface area contributed by atoms with Crippen LogP contribution >= 0.6 is 0 Å².